The Kier molecular flexibility index (Phi) is 6.06. The highest BCUT2D eigenvalue weighted by Gasteiger charge is 2.21. The molecular formula is C15H22BrNS. The average Bonchev–Trinajstić information content (AvgIpc) is 2.40. The van der Waals surface area contributed by atoms with E-state index in [-0.39, 0.29) is 0 Å². The van der Waals surface area contributed by atoms with Crippen LogP contribution < -0.4 is 0 Å². The predicted molar refractivity (Wildman–Crippen MR) is 84.7 cm³/mol. The van der Waals surface area contributed by atoms with Crippen molar-refractivity contribution in [1.82, 2.24) is 4.90 Å². The second-order valence-electron chi connectivity index (χ2n) is 5.02. The largest absolute Gasteiger partial charge is 0.302 e. The van der Waals surface area contributed by atoms with Gasteiger partial charge in [0.25, 0.3) is 0 Å². The first-order valence-electron chi connectivity index (χ1n) is 6.80. The Labute approximate surface area is 123 Å². The van der Waals surface area contributed by atoms with Gasteiger partial charge in [-0.1, -0.05) is 41.1 Å². The van der Waals surface area contributed by atoms with Gasteiger partial charge in [-0.25, -0.2) is 0 Å². The Bertz CT molecular complexity index is 334. The second-order valence-corrected chi connectivity index (χ2v) is 7.63. The van der Waals surface area contributed by atoms with E-state index in [1.807, 2.05) is 11.8 Å². The number of benzene rings is 1. The van der Waals surface area contributed by atoms with E-state index >= 15 is 0 Å². The van der Waals surface area contributed by atoms with Crippen molar-refractivity contribution in [3.8, 4) is 0 Å². The minimum absolute atomic E-state index is 0.679. The molecule has 0 aromatic heterocycles. The Morgan fingerprint density at radius 3 is 2.56 bits per heavy atom. The number of thioether (sulfide) groups is 1. The molecule has 1 atom stereocenters. The number of alkyl halides is 1. The standard InChI is InChI=1S/C15H22BrNS/c1-13(16)14-7-9-17(10-8-14)11-12-18-15-5-3-2-4-6-15/h2-6,13-14H,7-12H2,1H3. The zero-order valence-electron chi connectivity index (χ0n) is 11.0. The van der Waals surface area contributed by atoms with E-state index in [0.717, 1.165) is 5.92 Å². The normalized spacial score (nSPS) is 19.9. The van der Waals surface area contributed by atoms with Crippen LogP contribution in [0.1, 0.15) is 19.8 Å². The van der Waals surface area contributed by atoms with E-state index in [1.54, 1.807) is 0 Å². The summed E-state index contributed by atoms with van der Waals surface area (Å²) >= 11 is 5.69. The summed E-state index contributed by atoms with van der Waals surface area (Å²) in [6, 6.07) is 10.7. The molecule has 1 unspecified atom stereocenters. The highest BCUT2D eigenvalue weighted by Crippen LogP contribution is 2.25. The van der Waals surface area contributed by atoms with Crippen LogP contribution in [0.3, 0.4) is 0 Å². The molecule has 0 amide bonds. The van der Waals surface area contributed by atoms with Gasteiger partial charge in [-0.3, -0.25) is 0 Å². The lowest BCUT2D eigenvalue weighted by atomic mass is 9.94. The van der Waals surface area contributed by atoms with Gasteiger partial charge in [0.2, 0.25) is 0 Å². The molecule has 0 radical (unpaired) electrons. The van der Waals surface area contributed by atoms with Crippen LogP contribution >= 0.6 is 27.7 Å². The van der Waals surface area contributed by atoms with E-state index in [2.05, 4.69) is 58.1 Å². The summed E-state index contributed by atoms with van der Waals surface area (Å²) in [5, 5.41) is 0. The molecular weight excluding hydrogens is 306 g/mol. The van der Waals surface area contributed by atoms with Gasteiger partial charge in [0.15, 0.2) is 0 Å². The fraction of sp³-hybridized carbons (Fsp3) is 0.600. The minimum atomic E-state index is 0.679. The van der Waals surface area contributed by atoms with E-state index in [9.17, 15) is 0 Å². The maximum atomic E-state index is 3.72. The molecule has 2 rings (SSSR count). The molecule has 0 saturated carbocycles. The fourth-order valence-electron chi connectivity index (χ4n) is 2.45. The first kappa shape index (κ1) is 14.4. The van der Waals surface area contributed by atoms with E-state index in [4.69, 9.17) is 0 Å². The van der Waals surface area contributed by atoms with Gasteiger partial charge < -0.3 is 4.90 Å². The number of hydrogen-bond donors (Lipinski definition) is 0. The van der Waals surface area contributed by atoms with Crippen LogP contribution in [0.4, 0.5) is 0 Å². The lowest BCUT2D eigenvalue weighted by Gasteiger charge is -2.33. The number of rotatable bonds is 5. The van der Waals surface area contributed by atoms with Crippen LogP contribution in [-0.4, -0.2) is 35.1 Å². The molecule has 0 bridgehead atoms. The lowest BCUT2D eigenvalue weighted by Crippen LogP contribution is -2.37. The van der Waals surface area contributed by atoms with Gasteiger partial charge in [-0.05, 0) is 44.0 Å². The molecule has 100 valence electrons. The predicted octanol–water partition coefficient (Wildman–Crippen LogP) is 4.27. The molecule has 1 aliphatic heterocycles. The van der Waals surface area contributed by atoms with Crippen LogP contribution in [0.5, 0.6) is 0 Å². The van der Waals surface area contributed by atoms with Crippen LogP contribution in [-0.2, 0) is 0 Å². The van der Waals surface area contributed by atoms with Crippen molar-refractivity contribution in [3.63, 3.8) is 0 Å². The van der Waals surface area contributed by atoms with E-state index in [0.29, 0.717) is 4.83 Å². The van der Waals surface area contributed by atoms with Gasteiger partial charge >= 0.3 is 0 Å². The van der Waals surface area contributed by atoms with E-state index < -0.39 is 0 Å². The first-order valence-corrected chi connectivity index (χ1v) is 8.70. The number of halogens is 1. The second kappa shape index (κ2) is 7.56. The van der Waals surface area contributed by atoms with Crippen molar-refractivity contribution < 1.29 is 0 Å². The molecule has 3 heteroatoms. The van der Waals surface area contributed by atoms with Gasteiger partial charge in [0, 0.05) is 22.0 Å². The molecule has 0 N–H and O–H groups in total. The summed E-state index contributed by atoms with van der Waals surface area (Å²) in [7, 11) is 0. The van der Waals surface area contributed by atoms with Crippen molar-refractivity contribution >= 4 is 27.7 Å². The third-order valence-corrected chi connectivity index (χ3v) is 5.44. The van der Waals surface area contributed by atoms with Crippen molar-refractivity contribution in [2.45, 2.75) is 29.5 Å². The molecule has 1 aromatic carbocycles. The SMILES string of the molecule is CC(Br)C1CCN(CCSc2ccccc2)CC1. The van der Waals surface area contributed by atoms with Crippen molar-refractivity contribution in [2.75, 3.05) is 25.4 Å². The average molecular weight is 328 g/mol. The summed E-state index contributed by atoms with van der Waals surface area (Å²) in [5.41, 5.74) is 0. The van der Waals surface area contributed by atoms with Gasteiger partial charge in [-0.15, -0.1) is 11.8 Å². The molecule has 0 aliphatic carbocycles. The molecule has 1 fully saturated rings. The lowest BCUT2D eigenvalue weighted by molar-refractivity contribution is 0.195. The third-order valence-electron chi connectivity index (χ3n) is 3.70. The number of nitrogens with zero attached hydrogens (tertiary/aromatic N) is 1. The monoisotopic (exact) mass is 327 g/mol. The number of piperidine rings is 1. The Hall–Kier alpha value is 0.0100. The van der Waals surface area contributed by atoms with Gasteiger partial charge in [-0.2, -0.15) is 0 Å². The molecule has 1 saturated heterocycles. The van der Waals surface area contributed by atoms with Crippen LogP contribution in [0.2, 0.25) is 0 Å². The summed E-state index contributed by atoms with van der Waals surface area (Å²) in [6.45, 7) is 6.06. The maximum absolute atomic E-state index is 3.72. The molecule has 0 spiro atoms. The van der Waals surface area contributed by atoms with E-state index in [1.165, 1.54) is 43.1 Å². The Balaban J connectivity index is 1.64. The summed E-state index contributed by atoms with van der Waals surface area (Å²) in [5.74, 6) is 2.08. The Morgan fingerprint density at radius 1 is 1.28 bits per heavy atom. The summed E-state index contributed by atoms with van der Waals surface area (Å²) in [6.07, 6.45) is 2.70. The summed E-state index contributed by atoms with van der Waals surface area (Å²) in [4.78, 5) is 4.68. The minimum Gasteiger partial charge on any atom is -0.302 e. The summed E-state index contributed by atoms with van der Waals surface area (Å²) < 4.78 is 0. The third kappa shape index (κ3) is 4.60. The quantitative estimate of drug-likeness (QED) is 0.586. The molecule has 1 aliphatic rings. The molecule has 1 nitrogen and oxygen atoms in total. The van der Waals surface area contributed by atoms with Crippen molar-refractivity contribution in [1.29, 1.82) is 0 Å². The van der Waals surface area contributed by atoms with Crippen molar-refractivity contribution in [2.24, 2.45) is 5.92 Å². The van der Waals surface area contributed by atoms with Crippen LogP contribution in [0.15, 0.2) is 35.2 Å². The molecule has 18 heavy (non-hydrogen) atoms. The maximum Gasteiger partial charge on any atom is 0.0146 e. The van der Waals surface area contributed by atoms with Gasteiger partial charge in [0.1, 0.15) is 0 Å². The zero-order chi connectivity index (χ0) is 12.8. The topological polar surface area (TPSA) is 3.24 Å². The first-order chi connectivity index (χ1) is 8.75. The van der Waals surface area contributed by atoms with Gasteiger partial charge in [0.05, 0.1) is 0 Å². The van der Waals surface area contributed by atoms with Crippen LogP contribution in [0, 0.1) is 5.92 Å². The molecule has 1 heterocycles. The Morgan fingerprint density at radius 2 is 1.94 bits per heavy atom. The van der Waals surface area contributed by atoms with Crippen molar-refractivity contribution in [3.05, 3.63) is 30.3 Å². The fourth-order valence-corrected chi connectivity index (χ4v) is 3.91. The van der Waals surface area contributed by atoms with Crippen LogP contribution in [0.25, 0.3) is 0 Å². The number of likely N-dealkylation sites (tertiary alicyclic amines) is 1. The number of hydrogen-bond acceptors (Lipinski definition) is 2. The smallest absolute Gasteiger partial charge is 0.0146 e. The highest BCUT2D eigenvalue weighted by atomic mass is 79.9. The highest BCUT2D eigenvalue weighted by molar-refractivity contribution is 9.09. The zero-order valence-corrected chi connectivity index (χ0v) is 13.4. The molecule has 1 aromatic rings.